The number of carbonyl (C=O) groups is 2. The third kappa shape index (κ3) is 5.20. The second-order valence-corrected chi connectivity index (χ2v) is 7.00. The molecule has 1 aromatic heterocycles. The first-order valence-electron chi connectivity index (χ1n) is 9.53. The molecule has 0 spiro atoms. The molecule has 0 bridgehead atoms. The van der Waals surface area contributed by atoms with Crippen LogP contribution in [0.15, 0.2) is 41.0 Å². The number of benzene rings is 1. The van der Waals surface area contributed by atoms with E-state index in [4.69, 9.17) is 4.42 Å². The van der Waals surface area contributed by atoms with Crippen LogP contribution < -0.4 is 10.6 Å². The molecule has 1 unspecified atom stereocenters. The van der Waals surface area contributed by atoms with Gasteiger partial charge in [-0.05, 0) is 44.5 Å². The van der Waals surface area contributed by atoms with Gasteiger partial charge in [-0.15, -0.1) is 0 Å². The lowest BCUT2D eigenvalue weighted by Crippen LogP contribution is -2.43. The van der Waals surface area contributed by atoms with Gasteiger partial charge in [0.15, 0.2) is 0 Å². The smallest absolute Gasteiger partial charge is 0.274 e. The molecular weight excluding hydrogens is 376 g/mol. The number of carbonyl (C=O) groups excluding carboxylic acids is 2. The van der Waals surface area contributed by atoms with Crippen molar-refractivity contribution in [1.82, 2.24) is 10.2 Å². The first kappa shape index (κ1) is 20.5. The molecule has 1 atom stereocenters. The molecule has 1 aliphatic heterocycles. The largest absolute Gasteiger partial charge is 0.467 e. The molecule has 0 saturated carbocycles. The fraction of sp³-hybridized carbons (Fsp3) is 0.400. The maximum absolute atomic E-state index is 12.5. The third-order valence-corrected chi connectivity index (χ3v) is 5.09. The molecule has 1 aromatic carbocycles. The van der Waals surface area contributed by atoms with E-state index in [1.165, 1.54) is 6.07 Å². The molecule has 1 fully saturated rings. The van der Waals surface area contributed by atoms with Gasteiger partial charge in [0, 0.05) is 19.0 Å². The highest BCUT2D eigenvalue weighted by Crippen LogP contribution is 2.25. The molecule has 2 heterocycles. The van der Waals surface area contributed by atoms with Gasteiger partial charge in [-0.25, -0.2) is 0 Å². The number of anilines is 1. The summed E-state index contributed by atoms with van der Waals surface area (Å²) in [6.07, 6.45) is 3.40. The highest BCUT2D eigenvalue weighted by Gasteiger charge is 2.30. The summed E-state index contributed by atoms with van der Waals surface area (Å²) in [6, 6.07) is 7.89. The van der Waals surface area contributed by atoms with Crippen molar-refractivity contribution in [2.24, 2.45) is 0 Å². The van der Waals surface area contributed by atoms with Crippen molar-refractivity contribution in [3.8, 4) is 0 Å². The number of nitro benzene ring substituents is 1. The SMILES string of the molecule is Cc1c(NC(=O)CCN2CCCC2C(=O)NCc2ccco2)cccc1[N+](=O)[O-]. The van der Waals surface area contributed by atoms with Crippen LogP contribution in [0.2, 0.25) is 0 Å². The lowest BCUT2D eigenvalue weighted by atomic mass is 10.1. The van der Waals surface area contributed by atoms with Crippen molar-refractivity contribution in [3.63, 3.8) is 0 Å². The Bertz CT molecular complexity index is 881. The van der Waals surface area contributed by atoms with Crippen molar-refractivity contribution >= 4 is 23.2 Å². The topological polar surface area (TPSA) is 118 Å². The maximum atomic E-state index is 12.5. The molecule has 3 rings (SSSR count). The van der Waals surface area contributed by atoms with E-state index in [0.717, 1.165) is 19.4 Å². The number of rotatable bonds is 8. The molecule has 2 N–H and O–H groups in total. The van der Waals surface area contributed by atoms with Gasteiger partial charge >= 0.3 is 0 Å². The zero-order chi connectivity index (χ0) is 20.8. The summed E-state index contributed by atoms with van der Waals surface area (Å²) in [5, 5.41) is 16.6. The molecule has 1 saturated heterocycles. The number of furan rings is 1. The maximum Gasteiger partial charge on any atom is 0.274 e. The van der Waals surface area contributed by atoms with Gasteiger partial charge in [0.2, 0.25) is 11.8 Å². The van der Waals surface area contributed by atoms with Gasteiger partial charge in [-0.1, -0.05) is 6.07 Å². The normalized spacial score (nSPS) is 16.5. The van der Waals surface area contributed by atoms with Gasteiger partial charge in [-0.2, -0.15) is 0 Å². The van der Waals surface area contributed by atoms with E-state index in [2.05, 4.69) is 10.6 Å². The van der Waals surface area contributed by atoms with E-state index in [1.54, 1.807) is 37.5 Å². The standard InChI is InChI=1S/C20H24N4O5/c1-14-16(6-2-7-17(14)24(27)28)22-19(25)9-11-23-10-3-8-18(23)20(26)21-13-15-5-4-12-29-15/h2,4-7,12,18H,3,8-11,13H2,1H3,(H,21,26)(H,22,25). The first-order valence-corrected chi connectivity index (χ1v) is 9.53. The van der Waals surface area contributed by atoms with E-state index in [9.17, 15) is 19.7 Å². The fourth-order valence-electron chi connectivity index (χ4n) is 3.51. The summed E-state index contributed by atoms with van der Waals surface area (Å²) in [5.74, 6) is 0.374. The summed E-state index contributed by atoms with van der Waals surface area (Å²) in [7, 11) is 0. The Balaban J connectivity index is 1.51. The molecule has 0 aliphatic carbocycles. The predicted octanol–water partition coefficient (Wildman–Crippen LogP) is 2.61. The van der Waals surface area contributed by atoms with E-state index >= 15 is 0 Å². The van der Waals surface area contributed by atoms with Crippen LogP contribution in [0.25, 0.3) is 0 Å². The minimum atomic E-state index is -0.471. The highest BCUT2D eigenvalue weighted by atomic mass is 16.6. The number of hydrogen-bond acceptors (Lipinski definition) is 6. The van der Waals surface area contributed by atoms with Crippen molar-refractivity contribution in [1.29, 1.82) is 0 Å². The minimum Gasteiger partial charge on any atom is -0.467 e. The fourth-order valence-corrected chi connectivity index (χ4v) is 3.51. The van der Waals surface area contributed by atoms with E-state index < -0.39 is 4.92 Å². The van der Waals surface area contributed by atoms with E-state index in [-0.39, 0.29) is 30.0 Å². The summed E-state index contributed by atoms with van der Waals surface area (Å²) in [4.78, 5) is 37.4. The zero-order valence-corrected chi connectivity index (χ0v) is 16.2. The lowest BCUT2D eigenvalue weighted by Gasteiger charge is -2.23. The predicted molar refractivity (Wildman–Crippen MR) is 106 cm³/mol. The van der Waals surface area contributed by atoms with Crippen molar-refractivity contribution in [3.05, 3.63) is 58.0 Å². The van der Waals surface area contributed by atoms with E-state index in [1.807, 2.05) is 4.90 Å². The number of hydrogen-bond donors (Lipinski definition) is 2. The summed E-state index contributed by atoms with van der Waals surface area (Å²) >= 11 is 0. The minimum absolute atomic E-state index is 0.0318. The molecule has 1 aliphatic rings. The summed E-state index contributed by atoms with van der Waals surface area (Å²) in [6.45, 7) is 3.14. The Morgan fingerprint density at radius 3 is 2.86 bits per heavy atom. The quantitative estimate of drug-likeness (QED) is 0.519. The second-order valence-electron chi connectivity index (χ2n) is 7.00. The Hall–Kier alpha value is -3.20. The van der Waals surface area contributed by atoms with Crippen LogP contribution in [0, 0.1) is 17.0 Å². The molecule has 29 heavy (non-hydrogen) atoms. The van der Waals surface area contributed by atoms with Crippen LogP contribution in [0.5, 0.6) is 0 Å². The monoisotopic (exact) mass is 400 g/mol. The van der Waals surface area contributed by atoms with Gasteiger partial charge in [0.1, 0.15) is 5.76 Å². The number of amides is 2. The molecule has 9 nitrogen and oxygen atoms in total. The second kappa shape index (κ2) is 9.33. The molecule has 2 amide bonds. The van der Waals surface area contributed by atoms with Gasteiger partial charge < -0.3 is 15.1 Å². The molecule has 154 valence electrons. The molecule has 0 radical (unpaired) electrons. The summed E-state index contributed by atoms with van der Waals surface area (Å²) < 4.78 is 5.22. The Labute approximate surface area is 168 Å². The number of nitro groups is 1. The van der Waals surface area contributed by atoms with Crippen molar-refractivity contribution in [2.75, 3.05) is 18.4 Å². The van der Waals surface area contributed by atoms with Crippen LogP contribution in [0.1, 0.15) is 30.6 Å². The van der Waals surface area contributed by atoms with Crippen LogP contribution in [0.3, 0.4) is 0 Å². The van der Waals surface area contributed by atoms with Crippen molar-refractivity contribution in [2.45, 2.75) is 38.8 Å². The first-order chi connectivity index (χ1) is 14.0. The van der Waals surface area contributed by atoms with Crippen molar-refractivity contribution < 1.29 is 18.9 Å². The Morgan fingerprint density at radius 2 is 2.14 bits per heavy atom. The number of nitrogens with zero attached hydrogens (tertiary/aromatic N) is 2. The highest BCUT2D eigenvalue weighted by molar-refractivity contribution is 5.92. The number of likely N-dealkylation sites (tertiary alicyclic amines) is 1. The van der Waals surface area contributed by atoms with Crippen LogP contribution in [-0.2, 0) is 16.1 Å². The molecule has 2 aromatic rings. The third-order valence-electron chi connectivity index (χ3n) is 5.09. The van der Waals surface area contributed by atoms with Crippen LogP contribution in [-0.4, -0.2) is 40.8 Å². The zero-order valence-electron chi connectivity index (χ0n) is 16.2. The molecule has 9 heteroatoms. The Kier molecular flexibility index (Phi) is 6.61. The van der Waals surface area contributed by atoms with Gasteiger partial charge in [0.25, 0.3) is 5.69 Å². The average molecular weight is 400 g/mol. The van der Waals surface area contributed by atoms with Gasteiger partial charge in [0.05, 0.1) is 35.0 Å². The summed E-state index contributed by atoms with van der Waals surface area (Å²) in [5.41, 5.74) is 0.816. The van der Waals surface area contributed by atoms with Gasteiger partial charge in [-0.3, -0.25) is 24.6 Å². The lowest BCUT2D eigenvalue weighted by molar-refractivity contribution is -0.385. The molecular formula is C20H24N4O5. The Morgan fingerprint density at radius 1 is 1.31 bits per heavy atom. The average Bonchev–Trinajstić information content (AvgIpc) is 3.37. The van der Waals surface area contributed by atoms with Crippen LogP contribution in [0.4, 0.5) is 11.4 Å². The number of nitrogens with one attached hydrogen (secondary N) is 2. The van der Waals surface area contributed by atoms with Crippen LogP contribution >= 0.6 is 0 Å². The van der Waals surface area contributed by atoms with E-state index in [0.29, 0.717) is 30.1 Å².